The van der Waals surface area contributed by atoms with Gasteiger partial charge in [-0.25, -0.2) is 0 Å². The third kappa shape index (κ3) is 5.99. The Bertz CT molecular complexity index is 803. The molecular formula is C21H24ClN3O2S. The maximum absolute atomic E-state index is 12.6. The molecule has 0 atom stereocenters. The maximum Gasteiger partial charge on any atom is 0.253 e. The minimum Gasteiger partial charge on any atom is -0.336 e. The van der Waals surface area contributed by atoms with Crippen LogP contribution in [0.15, 0.2) is 48.5 Å². The summed E-state index contributed by atoms with van der Waals surface area (Å²) in [6.45, 7) is 3.38. The summed E-state index contributed by atoms with van der Waals surface area (Å²) < 4.78 is 0. The Labute approximate surface area is 175 Å². The normalized spacial score (nSPS) is 14.7. The van der Waals surface area contributed by atoms with Crippen molar-refractivity contribution in [3.05, 3.63) is 64.7 Å². The molecule has 1 N–H and O–H groups in total. The standard InChI is InChI=1S/C21H24ClN3O2S/c1-24-10-12-25(13-11-24)21(27)17-4-2-16(3-5-17)14-28-15-20(26)23-19-8-6-18(22)7-9-19/h2-9H,10-15H2,1H3,(H,23,26). The van der Waals surface area contributed by atoms with Crippen LogP contribution in [-0.4, -0.2) is 60.6 Å². The molecule has 1 aliphatic rings. The van der Waals surface area contributed by atoms with E-state index in [1.807, 2.05) is 29.2 Å². The van der Waals surface area contributed by atoms with Gasteiger partial charge in [-0.3, -0.25) is 9.59 Å². The van der Waals surface area contributed by atoms with Crippen LogP contribution in [0.5, 0.6) is 0 Å². The van der Waals surface area contributed by atoms with Crippen LogP contribution in [0.25, 0.3) is 0 Å². The second-order valence-electron chi connectivity index (χ2n) is 6.84. The Morgan fingerprint density at radius 2 is 1.64 bits per heavy atom. The van der Waals surface area contributed by atoms with Crippen LogP contribution in [-0.2, 0) is 10.5 Å². The summed E-state index contributed by atoms with van der Waals surface area (Å²) in [6, 6.07) is 14.7. The number of hydrogen-bond acceptors (Lipinski definition) is 4. The fourth-order valence-electron chi connectivity index (χ4n) is 2.93. The minimum absolute atomic E-state index is 0.0470. The van der Waals surface area contributed by atoms with E-state index in [0.717, 1.165) is 48.7 Å². The molecule has 5 nitrogen and oxygen atoms in total. The summed E-state index contributed by atoms with van der Waals surface area (Å²) in [6.07, 6.45) is 0. The molecule has 2 aromatic carbocycles. The molecule has 0 saturated carbocycles. The van der Waals surface area contributed by atoms with E-state index in [-0.39, 0.29) is 11.8 Å². The molecule has 0 unspecified atom stereocenters. The molecule has 0 radical (unpaired) electrons. The van der Waals surface area contributed by atoms with Crippen LogP contribution in [0.4, 0.5) is 5.69 Å². The number of anilines is 1. The number of nitrogens with zero attached hydrogens (tertiary/aromatic N) is 2. The van der Waals surface area contributed by atoms with E-state index in [1.165, 1.54) is 0 Å². The van der Waals surface area contributed by atoms with Gasteiger partial charge in [0.1, 0.15) is 0 Å². The fraction of sp³-hybridized carbons (Fsp3) is 0.333. The van der Waals surface area contributed by atoms with Crippen molar-refractivity contribution in [2.75, 3.05) is 44.3 Å². The van der Waals surface area contributed by atoms with Crippen LogP contribution in [0.2, 0.25) is 5.02 Å². The number of amides is 2. The first-order valence-corrected chi connectivity index (χ1v) is 10.7. The van der Waals surface area contributed by atoms with Gasteiger partial charge in [0.25, 0.3) is 5.91 Å². The number of halogens is 1. The number of hydrogen-bond donors (Lipinski definition) is 1. The first kappa shape index (κ1) is 20.7. The van der Waals surface area contributed by atoms with Crippen LogP contribution in [0.1, 0.15) is 15.9 Å². The van der Waals surface area contributed by atoms with Gasteiger partial charge in [-0.2, -0.15) is 0 Å². The van der Waals surface area contributed by atoms with Crippen LogP contribution in [0.3, 0.4) is 0 Å². The van der Waals surface area contributed by atoms with Crippen molar-refractivity contribution in [3.8, 4) is 0 Å². The number of thioether (sulfide) groups is 1. The molecule has 1 heterocycles. The zero-order chi connectivity index (χ0) is 19.9. The number of carbonyl (C=O) groups excluding carboxylic acids is 2. The van der Waals surface area contributed by atoms with Crippen molar-refractivity contribution >= 4 is 40.9 Å². The number of likely N-dealkylation sites (N-methyl/N-ethyl adjacent to an activating group) is 1. The van der Waals surface area contributed by atoms with Crippen molar-refractivity contribution in [1.82, 2.24) is 9.80 Å². The molecule has 28 heavy (non-hydrogen) atoms. The van der Waals surface area contributed by atoms with Gasteiger partial charge >= 0.3 is 0 Å². The largest absolute Gasteiger partial charge is 0.336 e. The molecule has 2 amide bonds. The third-order valence-electron chi connectivity index (χ3n) is 4.62. The topological polar surface area (TPSA) is 52.7 Å². The predicted octanol–water partition coefficient (Wildman–Crippen LogP) is 3.60. The smallest absolute Gasteiger partial charge is 0.253 e. The van der Waals surface area contributed by atoms with Crippen molar-refractivity contribution in [1.29, 1.82) is 0 Å². The monoisotopic (exact) mass is 417 g/mol. The average molecular weight is 418 g/mol. The van der Waals surface area contributed by atoms with E-state index < -0.39 is 0 Å². The molecule has 0 spiro atoms. The van der Waals surface area contributed by atoms with Gasteiger partial charge in [0.2, 0.25) is 5.91 Å². The van der Waals surface area contributed by atoms with E-state index in [0.29, 0.717) is 10.8 Å². The first-order valence-electron chi connectivity index (χ1n) is 9.21. The summed E-state index contributed by atoms with van der Waals surface area (Å²) in [5.74, 6) is 1.13. The summed E-state index contributed by atoms with van der Waals surface area (Å²) in [7, 11) is 2.07. The fourth-order valence-corrected chi connectivity index (χ4v) is 3.84. The highest BCUT2D eigenvalue weighted by Gasteiger charge is 2.20. The second-order valence-corrected chi connectivity index (χ2v) is 8.26. The molecule has 148 valence electrons. The van der Waals surface area contributed by atoms with Gasteiger partial charge in [-0.15, -0.1) is 11.8 Å². The molecule has 7 heteroatoms. The Balaban J connectivity index is 1.43. The summed E-state index contributed by atoms with van der Waals surface area (Å²) in [5.41, 5.74) is 2.56. The van der Waals surface area contributed by atoms with Crippen molar-refractivity contribution in [2.24, 2.45) is 0 Å². The molecule has 0 aromatic heterocycles. The number of carbonyl (C=O) groups is 2. The quantitative estimate of drug-likeness (QED) is 0.780. The zero-order valence-corrected chi connectivity index (χ0v) is 17.4. The number of benzene rings is 2. The van der Waals surface area contributed by atoms with E-state index in [9.17, 15) is 9.59 Å². The van der Waals surface area contributed by atoms with E-state index >= 15 is 0 Å². The van der Waals surface area contributed by atoms with Crippen molar-refractivity contribution in [3.63, 3.8) is 0 Å². The third-order valence-corrected chi connectivity index (χ3v) is 5.88. The lowest BCUT2D eigenvalue weighted by Crippen LogP contribution is -2.47. The van der Waals surface area contributed by atoms with Gasteiger partial charge in [-0.1, -0.05) is 23.7 Å². The minimum atomic E-state index is -0.0470. The molecule has 1 saturated heterocycles. The average Bonchev–Trinajstić information content (AvgIpc) is 2.70. The lowest BCUT2D eigenvalue weighted by Gasteiger charge is -2.32. The molecule has 1 fully saturated rings. The lowest BCUT2D eigenvalue weighted by molar-refractivity contribution is -0.113. The molecule has 3 rings (SSSR count). The Hall–Kier alpha value is -2.02. The molecular weight excluding hydrogens is 394 g/mol. The number of rotatable bonds is 6. The van der Waals surface area contributed by atoms with Gasteiger partial charge < -0.3 is 15.1 Å². The van der Waals surface area contributed by atoms with E-state index in [2.05, 4.69) is 17.3 Å². The Morgan fingerprint density at radius 1 is 1.00 bits per heavy atom. The van der Waals surface area contributed by atoms with Crippen LogP contribution in [0, 0.1) is 0 Å². The molecule has 0 bridgehead atoms. The molecule has 1 aliphatic heterocycles. The Kier molecular flexibility index (Phi) is 7.36. The highest BCUT2D eigenvalue weighted by molar-refractivity contribution is 7.99. The van der Waals surface area contributed by atoms with Crippen LogP contribution < -0.4 is 5.32 Å². The number of piperazine rings is 1. The van der Waals surface area contributed by atoms with Gasteiger partial charge in [0.05, 0.1) is 5.75 Å². The SMILES string of the molecule is CN1CCN(C(=O)c2ccc(CSCC(=O)Nc3ccc(Cl)cc3)cc2)CC1. The van der Waals surface area contributed by atoms with Crippen LogP contribution >= 0.6 is 23.4 Å². The highest BCUT2D eigenvalue weighted by Crippen LogP contribution is 2.17. The molecule has 0 aliphatic carbocycles. The van der Waals surface area contributed by atoms with Crippen molar-refractivity contribution < 1.29 is 9.59 Å². The van der Waals surface area contributed by atoms with Gasteiger partial charge in [-0.05, 0) is 49.0 Å². The second kappa shape index (κ2) is 9.96. The van der Waals surface area contributed by atoms with Gasteiger partial charge in [0.15, 0.2) is 0 Å². The lowest BCUT2D eigenvalue weighted by atomic mass is 10.1. The van der Waals surface area contributed by atoms with Crippen molar-refractivity contribution in [2.45, 2.75) is 5.75 Å². The Morgan fingerprint density at radius 3 is 2.29 bits per heavy atom. The van der Waals surface area contributed by atoms with E-state index in [4.69, 9.17) is 11.6 Å². The first-order chi connectivity index (χ1) is 13.5. The molecule has 2 aromatic rings. The summed E-state index contributed by atoms with van der Waals surface area (Å²) >= 11 is 7.38. The maximum atomic E-state index is 12.6. The summed E-state index contributed by atoms with van der Waals surface area (Å²) in [5, 5.41) is 3.49. The highest BCUT2D eigenvalue weighted by atomic mass is 35.5. The predicted molar refractivity (Wildman–Crippen MR) is 116 cm³/mol. The van der Waals surface area contributed by atoms with E-state index in [1.54, 1.807) is 36.0 Å². The zero-order valence-electron chi connectivity index (χ0n) is 15.9. The summed E-state index contributed by atoms with van der Waals surface area (Å²) in [4.78, 5) is 28.7. The number of nitrogens with one attached hydrogen (secondary N) is 1. The van der Waals surface area contributed by atoms with Gasteiger partial charge in [0, 0.05) is 48.2 Å².